The second-order valence-electron chi connectivity index (χ2n) is 13.5. The number of fused-ring (bicyclic) bond motifs is 1. The monoisotopic (exact) mass is 707 g/mol. The number of aryl methyl sites for hydroxylation is 1. The van der Waals surface area contributed by atoms with E-state index in [9.17, 15) is 23.2 Å². The number of nitrogens with one attached hydrogen (secondary N) is 1. The molecule has 1 N–H and O–H groups in total. The summed E-state index contributed by atoms with van der Waals surface area (Å²) in [6.07, 6.45) is 2.84. The molecule has 0 radical (unpaired) electrons. The Balaban J connectivity index is 1.34. The predicted molar refractivity (Wildman–Crippen MR) is 195 cm³/mol. The first kappa shape index (κ1) is 39.6. The van der Waals surface area contributed by atoms with Crippen molar-refractivity contribution in [2.24, 2.45) is 0 Å². The van der Waals surface area contributed by atoms with Gasteiger partial charge in [-0.1, -0.05) is 57.5 Å². The maximum atomic E-state index is 13.0. The van der Waals surface area contributed by atoms with Gasteiger partial charge in [-0.25, -0.2) is 4.79 Å². The van der Waals surface area contributed by atoms with Crippen molar-refractivity contribution in [2.45, 2.75) is 103 Å². The SMILES string of the molecule is CCCCc1ccc(OCCC(CC)(CC)NC(C)Cc2cc(C#N)c3c(c2)CCN3CCCOC(=O)c2ccccc2)c(OCC(F)(F)F)c1. The highest BCUT2D eigenvalue weighted by molar-refractivity contribution is 5.89. The van der Waals surface area contributed by atoms with E-state index in [1.807, 2.05) is 30.3 Å². The maximum absolute atomic E-state index is 13.0. The summed E-state index contributed by atoms with van der Waals surface area (Å²) >= 11 is 0. The normalized spacial score (nSPS) is 13.4. The van der Waals surface area contributed by atoms with E-state index in [1.54, 1.807) is 24.3 Å². The van der Waals surface area contributed by atoms with Gasteiger partial charge in [-0.2, -0.15) is 18.4 Å². The third-order valence-electron chi connectivity index (χ3n) is 9.66. The Labute approximate surface area is 301 Å². The molecule has 0 aromatic heterocycles. The lowest BCUT2D eigenvalue weighted by atomic mass is 9.87. The van der Waals surface area contributed by atoms with E-state index in [1.165, 1.54) is 0 Å². The Morgan fingerprint density at radius 1 is 0.961 bits per heavy atom. The molecule has 1 atom stereocenters. The van der Waals surface area contributed by atoms with Gasteiger partial charge in [0.05, 0.1) is 30.0 Å². The lowest BCUT2D eigenvalue weighted by molar-refractivity contribution is -0.153. The molecule has 1 aliphatic heterocycles. The molecule has 4 rings (SSSR count). The van der Waals surface area contributed by atoms with Crippen LogP contribution in [0.1, 0.15) is 98.8 Å². The van der Waals surface area contributed by atoms with Gasteiger partial charge in [0.2, 0.25) is 0 Å². The quantitative estimate of drug-likeness (QED) is 0.0927. The van der Waals surface area contributed by atoms with Gasteiger partial charge in [-0.3, -0.25) is 0 Å². The molecule has 276 valence electrons. The summed E-state index contributed by atoms with van der Waals surface area (Å²) in [4.78, 5) is 14.5. The number of hydrogen-bond donors (Lipinski definition) is 1. The van der Waals surface area contributed by atoms with Crippen molar-refractivity contribution in [1.29, 1.82) is 5.26 Å². The van der Waals surface area contributed by atoms with Crippen LogP contribution in [0.25, 0.3) is 0 Å². The number of carbonyl (C=O) groups is 1. The molecule has 0 saturated carbocycles. The molecule has 0 spiro atoms. The minimum atomic E-state index is -4.44. The van der Waals surface area contributed by atoms with E-state index in [4.69, 9.17) is 14.2 Å². The van der Waals surface area contributed by atoms with Crippen molar-refractivity contribution in [1.82, 2.24) is 5.32 Å². The second kappa shape index (κ2) is 18.8. The molecule has 10 heteroatoms. The fourth-order valence-electron chi connectivity index (χ4n) is 6.84. The number of alkyl halides is 3. The predicted octanol–water partition coefficient (Wildman–Crippen LogP) is 9.00. The third-order valence-corrected chi connectivity index (χ3v) is 9.66. The molecule has 1 aliphatic rings. The van der Waals surface area contributed by atoms with Gasteiger partial charge in [0.1, 0.15) is 6.07 Å². The van der Waals surface area contributed by atoms with E-state index in [0.717, 1.165) is 73.9 Å². The molecule has 0 aliphatic carbocycles. The molecular formula is C41H52F3N3O4. The molecule has 1 unspecified atom stereocenters. The van der Waals surface area contributed by atoms with Crippen molar-refractivity contribution in [3.63, 3.8) is 0 Å². The van der Waals surface area contributed by atoms with E-state index in [2.05, 4.69) is 50.0 Å². The fourth-order valence-corrected chi connectivity index (χ4v) is 6.84. The average Bonchev–Trinajstić information content (AvgIpc) is 3.53. The summed E-state index contributed by atoms with van der Waals surface area (Å²) in [7, 11) is 0. The molecule has 0 saturated heterocycles. The number of rotatable bonds is 20. The lowest BCUT2D eigenvalue weighted by Gasteiger charge is -2.36. The topological polar surface area (TPSA) is 83.8 Å². The van der Waals surface area contributed by atoms with E-state index < -0.39 is 12.8 Å². The summed E-state index contributed by atoms with van der Waals surface area (Å²) in [6.45, 7) is 9.23. The van der Waals surface area contributed by atoms with E-state index in [0.29, 0.717) is 49.5 Å². The van der Waals surface area contributed by atoms with E-state index >= 15 is 0 Å². The molecule has 0 amide bonds. The summed E-state index contributed by atoms with van der Waals surface area (Å²) in [5.74, 6) is 0.107. The Morgan fingerprint density at radius 3 is 2.41 bits per heavy atom. The molecule has 7 nitrogen and oxygen atoms in total. The highest BCUT2D eigenvalue weighted by atomic mass is 19.4. The molecule has 3 aromatic carbocycles. The van der Waals surface area contributed by atoms with Crippen LogP contribution in [0, 0.1) is 11.3 Å². The average molecular weight is 708 g/mol. The van der Waals surface area contributed by atoms with Gasteiger partial charge in [0.25, 0.3) is 0 Å². The summed E-state index contributed by atoms with van der Waals surface area (Å²) in [6, 6.07) is 20.9. The number of anilines is 1. The van der Waals surface area contributed by atoms with Crippen LogP contribution in [0.3, 0.4) is 0 Å². The Morgan fingerprint density at radius 2 is 1.73 bits per heavy atom. The number of nitrogens with zero attached hydrogens (tertiary/aromatic N) is 2. The zero-order valence-corrected chi connectivity index (χ0v) is 30.4. The lowest BCUT2D eigenvalue weighted by Crippen LogP contribution is -2.50. The first-order valence-corrected chi connectivity index (χ1v) is 18.3. The molecule has 51 heavy (non-hydrogen) atoms. The maximum Gasteiger partial charge on any atom is 0.422 e. The number of carbonyl (C=O) groups excluding carboxylic acids is 1. The van der Waals surface area contributed by atoms with Crippen LogP contribution in [0.2, 0.25) is 0 Å². The van der Waals surface area contributed by atoms with Crippen molar-refractivity contribution in [2.75, 3.05) is 37.8 Å². The largest absolute Gasteiger partial charge is 0.490 e. The Kier molecular flexibility index (Phi) is 14.6. The number of unbranched alkanes of at least 4 members (excludes halogenated alkanes) is 1. The smallest absolute Gasteiger partial charge is 0.422 e. The highest BCUT2D eigenvalue weighted by Crippen LogP contribution is 2.34. The minimum Gasteiger partial charge on any atom is -0.490 e. The summed E-state index contributed by atoms with van der Waals surface area (Å²) < 4.78 is 55.7. The number of benzene rings is 3. The van der Waals surface area contributed by atoms with Crippen molar-refractivity contribution >= 4 is 11.7 Å². The molecular weight excluding hydrogens is 655 g/mol. The van der Waals surface area contributed by atoms with Crippen LogP contribution in [-0.2, 0) is 24.0 Å². The van der Waals surface area contributed by atoms with Crippen molar-refractivity contribution in [3.8, 4) is 17.6 Å². The van der Waals surface area contributed by atoms with Crippen LogP contribution in [0.15, 0.2) is 60.7 Å². The van der Waals surface area contributed by atoms with Crippen LogP contribution >= 0.6 is 0 Å². The number of esters is 1. The zero-order chi connectivity index (χ0) is 36.9. The Hall–Kier alpha value is -4.23. The number of nitriles is 1. The molecule has 3 aromatic rings. The minimum absolute atomic E-state index is 0.0924. The third kappa shape index (κ3) is 11.6. The zero-order valence-electron chi connectivity index (χ0n) is 30.4. The first-order valence-electron chi connectivity index (χ1n) is 18.3. The van der Waals surface area contributed by atoms with E-state index in [-0.39, 0.29) is 23.3 Å². The number of halogens is 3. The van der Waals surface area contributed by atoms with Crippen LogP contribution in [0.4, 0.5) is 18.9 Å². The van der Waals surface area contributed by atoms with Crippen LogP contribution < -0.4 is 19.7 Å². The van der Waals surface area contributed by atoms with Gasteiger partial charge in [-0.05, 0) is 105 Å². The fraction of sp³-hybridized carbons (Fsp3) is 0.512. The highest BCUT2D eigenvalue weighted by Gasteiger charge is 2.31. The van der Waals surface area contributed by atoms with Gasteiger partial charge in [0, 0.05) is 24.7 Å². The molecule has 1 heterocycles. The standard InChI is InChI=1S/C41H52F3N3O4/c1-5-8-13-31-16-17-36(37(27-31)51-29-41(42,43)44)49-23-19-40(6-2,7-3)46-30(4)24-32-25-34-18-21-47(38(34)35(26-32)28-45)20-12-22-50-39(48)33-14-10-9-11-15-33/h9-11,14-17,25-27,30,46H,5-8,12-13,18-24,29H2,1-4H3. The number of ether oxygens (including phenoxy) is 3. The second-order valence-corrected chi connectivity index (χ2v) is 13.5. The van der Waals surface area contributed by atoms with Gasteiger partial charge in [-0.15, -0.1) is 0 Å². The summed E-state index contributed by atoms with van der Waals surface area (Å²) in [5, 5.41) is 13.9. The molecule has 0 bridgehead atoms. The van der Waals surface area contributed by atoms with Gasteiger partial charge >= 0.3 is 12.1 Å². The van der Waals surface area contributed by atoms with Crippen LogP contribution in [0.5, 0.6) is 11.5 Å². The first-order chi connectivity index (χ1) is 24.5. The van der Waals surface area contributed by atoms with Gasteiger partial charge < -0.3 is 24.4 Å². The number of hydrogen-bond acceptors (Lipinski definition) is 7. The van der Waals surface area contributed by atoms with Crippen LogP contribution in [-0.4, -0.2) is 56.6 Å². The van der Waals surface area contributed by atoms with Crippen molar-refractivity contribution < 1.29 is 32.2 Å². The Bertz CT molecular complexity index is 1600. The molecule has 0 fully saturated rings. The van der Waals surface area contributed by atoms with Gasteiger partial charge in [0.15, 0.2) is 18.1 Å². The summed E-state index contributed by atoms with van der Waals surface area (Å²) in [5.41, 5.74) is 5.09. The van der Waals surface area contributed by atoms with Crippen molar-refractivity contribution in [3.05, 3.63) is 88.5 Å².